The second-order valence-electron chi connectivity index (χ2n) is 4.35. The highest BCUT2D eigenvalue weighted by Crippen LogP contribution is 2.29. The molecule has 0 amide bonds. The zero-order valence-electron chi connectivity index (χ0n) is 12.2. The molecule has 0 saturated carbocycles. The van der Waals surface area contributed by atoms with Crippen LogP contribution < -0.4 is 19.9 Å². The summed E-state index contributed by atoms with van der Waals surface area (Å²) in [6.45, 7) is 0. The molecule has 0 heterocycles. The van der Waals surface area contributed by atoms with E-state index >= 15 is 0 Å². The first-order valence-corrected chi connectivity index (χ1v) is 6.31. The Morgan fingerprint density at radius 2 is 1.62 bits per heavy atom. The number of methoxy groups -OCH3 is 3. The van der Waals surface area contributed by atoms with Gasteiger partial charge >= 0.3 is 0 Å². The largest absolute Gasteiger partial charge is 0.497 e. The van der Waals surface area contributed by atoms with Crippen LogP contribution in [0.1, 0.15) is 15.9 Å². The lowest BCUT2D eigenvalue weighted by molar-refractivity contribution is 0.103. The van der Waals surface area contributed by atoms with Crippen LogP contribution in [0.5, 0.6) is 17.2 Å². The molecule has 21 heavy (non-hydrogen) atoms. The van der Waals surface area contributed by atoms with Crippen molar-refractivity contribution >= 4 is 11.5 Å². The minimum absolute atomic E-state index is 0.184. The minimum atomic E-state index is -0.184. The van der Waals surface area contributed by atoms with Crippen molar-refractivity contribution in [3.63, 3.8) is 0 Å². The Bertz CT molecular complexity index is 667. The molecule has 0 saturated heterocycles. The van der Waals surface area contributed by atoms with Gasteiger partial charge in [0.2, 0.25) is 0 Å². The molecule has 110 valence electrons. The smallest absolute Gasteiger partial charge is 0.195 e. The SMILES string of the molecule is COc1ccc(C(=O)c2ccc(OC)c(OC)c2)c(N)c1. The lowest BCUT2D eigenvalue weighted by atomic mass is 10.0. The summed E-state index contributed by atoms with van der Waals surface area (Å²) < 4.78 is 15.4. The zero-order valence-corrected chi connectivity index (χ0v) is 12.2. The van der Waals surface area contributed by atoms with Crippen molar-refractivity contribution in [2.75, 3.05) is 27.1 Å². The molecule has 5 heteroatoms. The van der Waals surface area contributed by atoms with Crippen molar-refractivity contribution in [3.05, 3.63) is 47.5 Å². The summed E-state index contributed by atoms with van der Waals surface area (Å²) >= 11 is 0. The first-order valence-electron chi connectivity index (χ1n) is 6.31. The maximum atomic E-state index is 12.5. The third-order valence-electron chi connectivity index (χ3n) is 3.15. The normalized spacial score (nSPS) is 10.0. The molecule has 2 rings (SSSR count). The van der Waals surface area contributed by atoms with Crippen LogP contribution >= 0.6 is 0 Å². The summed E-state index contributed by atoms with van der Waals surface area (Å²) in [6.07, 6.45) is 0. The van der Waals surface area contributed by atoms with Gasteiger partial charge in [0.1, 0.15) is 5.75 Å². The Morgan fingerprint density at radius 3 is 2.19 bits per heavy atom. The Kier molecular flexibility index (Phi) is 4.33. The van der Waals surface area contributed by atoms with Gasteiger partial charge in [0.15, 0.2) is 17.3 Å². The number of benzene rings is 2. The third-order valence-corrected chi connectivity index (χ3v) is 3.15. The summed E-state index contributed by atoms with van der Waals surface area (Å²) in [5, 5.41) is 0. The number of nitrogens with two attached hydrogens (primary N) is 1. The first-order chi connectivity index (χ1) is 10.1. The van der Waals surface area contributed by atoms with Crippen molar-refractivity contribution in [2.45, 2.75) is 0 Å². The Balaban J connectivity index is 2.40. The Hall–Kier alpha value is -2.69. The van der Waals surface area contributed by atoms with Crippen molar-refractivity contribution in [1.82, 2.24) is 0 Å². The van der Waals surface area contributed by atoms with Gasteiger partial charge in [-0.1, -0.05) is 0 Å². The van der Waals surface area contributed by atoms with Gasteiger partial charge in [-0.3, -0.25) is 4.79 Å². The van der Waals surface area contributed by atoms with E-state index in [0.717, 1.165) is 0 Å². The number of carbonyl (C=O) groups excluding carboxylic acids is 1. The van der Waals surface area contributed by atoms with E-state index in [1.807, 2.05) is 0 Å². The first kappa shape index (κ1) is 14.7. The quantitative estimate of drug-likeness (QED) is 0.676. The molecule has 2 N–H and O–H groups in total. The molecule has 5 nitrogen and oxygen atoms in total. The van der Waals surface area contributed by atoms with Gasteiger partial charge in [0.25, 0.3) is 0 Å². The average molecular weight is 287 g/mol. The maximum Gasteiger partial charge on any atom is 0.195 e. The van der Waals surface area contributed by atoms with E-state index in [2.05, 4.69) is 0 Å². The Morgan fingerprint density at radius 1 is 0.905 bits per heavy atom. The van der Waals surface area contributed by atoms with Crippen LogP contribution in [0, 0.1) is 0 Å². The van der Waals surface area contributed by atoms with E-state index in [9.17, 15) is 4.79 Å². The number of hydrogen-bond donors (Lipinski definition) is 1. The topological polar surface area (TPSA) is 70.8 Å². The summed E-state index contributed by atoms with van der Waals surface area (Å²) in [7, 11) is 4.61. The van der Waals surface area contributed by atoms with Gasteiger partial charge in [-0.05, 0) is 30.3 Å². The number of hydrogen-bond acceptors (Lipinski definition) is 5. The molecule has 0 aliphatic rings. The van der Waals surface area contributed by atoms with Gasteiger partial charge in [-0.15, -0.1) is 0 Å². The van der Waals surface area contributed by atoms with Gasteiger partial charge in [-0.2, -0.15) is 0 Å². The maximum absolute atomic E-state index is 12.5. The van der Waals surface area contributed by atoms with E-state index in [-0.39, 0.29) is 5.78 Å². The highest BCUT2D eigenvalue weighted by molar-refractivity contribution is 6.12. The molecule has 2 aromatic rings. The lowest BCUT2D eigenvalue weighted by Gasteiger charge is -2.10. The minimum Gasteiger partial charge on any atom is -0.497 e. The number of ketones is 1. The van der Waals surface area contributed by atoms with Crippen molar-refractivity contribution in [1.29, 1.82) is 0 Å². The average Bonchev–Trinajstić information content (AvgIpc) is 2.53. The van der Waals surface area contributed by atoms with Crippen molar-refractivity contribution in [2.24, 2.45) is 0 Å². The summed E-state index contributed by atoms with van der Waals surface area (Å²) in [6, 6.07) is 9.95. The molecular weight excluding hydrogens is 270 g/mol. The molecule has 0 aliphatic heterocycles. The van der Waals surface area contributed by atoms with E-state index in [1.165, 1.54) is 7.11 Å². The van der Waals surface area contributed by atoms with Crippen LogP contribution in [0.4, 0.5) is 5.69 Å². The number of ether oxygens (including phenoxy) is 3. The molecule has 0 atom stereocenters. The van der Waals surface area contributed by atoms with Crippen LogP contribution in [-0.2, 0) is 0 Å². The summed E-state index contributed by atoms with van der Waals surface area (Å²) in [4.78, 5) is 12.5. The summed E-state index contributed by atoms with van der Waals surface area (Å²) in [5.41, 5.74) is 7.17. The van der Waals surface area contributed by atoms with Crippen LogP contribution in [0.25, 0.3) is 0 Å². The van der Waals surface area contributed by atoms with E-state index in [0.29, 0.717) is 34.1 Å². The molecule has 2 aromatic carbocycles. The van der Waals surface area contributed by atoms with E-state index in [4.69, 9.17) is 19.9 Å². The summed E-state index contributed by atoms with van der Waals surface area (Å²) in [5.74, 6) is 1.49. The third kappa shape index (κ3) is 2.91. The van der Waals surface area contributed by atoms with Crippen molar-refractivity contribution < 1.29 is 19.0 Å². The van der Waals surface area contributed by atoms with Crippen LogP contribution in [0.15, 0.2) is 36.4 Å². The molecule has 0 unspecified atom stereocenters. The van der Waals surface area contributed by atoms with E-state index in [1.54, 1.807) is 50.6 Å². The Labute approximate surface area is 123 Å². The predicted octanol–water partition coefficient (Wildman–Crippen LogP) is 2.53. The van der Waals surface area contributed by atoms with Crippen LogP contribution in [0.3, 0.4) is 0 Å². The number of carbonyl (C=O) groups is 1. The predicted molar refractivity (Wildman–Crippen MR) is 80.4 cm³/mol. The van der Waals surface area contributed by atoms with Crippen LogP contribution in [0.2, 0.25) is 0 Å². The molecular formula is C16H17NO4. The molecule has 0 spiro atoms. The zero-order chi connectivity index (χ0) is 15.4. The van der Waals surface area contributed by atoms with Gasteiger partial charge < -0.3 is 19.9 Å². The van der Waals surface area contributed by atoms with Crippen molar-refractivity contribution in [3.8, 4) is 17.2 Å². The highest BCUT2D eigenvalue weighted by Gasteiger charge is 2.15. The molecule has 0 bridgehead atoms. The molecule has 0 radical (unpaired) electrons. The molecule has 0 aromatic heterocycles. The van der Waals surface area contributed by atoms with E-state index < -0.39 is 0 Å². The monoisotopic (exact) mass is 287 g/mol. The number of rotatable bonds is 5. The van der Waals surface area contributed by atoms with Gasteiger partial charge in [0.05, 0.1) is 21.3 Å². The number of anilines is 1. The standard InChI is InChI=1S/C16H17NO4/c1-19-11-5-6-12(13(17)9-11)16(18)10-4-7-14(20-2)15(8-10)21-3/h4-9H,17H2,1-3H3. The van der Waals surface area contributed by atoms with Gasteiger partial charge in [-0.25, -0.2) is 0 Å². The van der Waals surface area contributed by atoms with Gasteiger partial charge in [0, 0.05) is 22.9 Å². The van der Waals surface area contributed by atoms with Crippen LogP contribution in [-0.4, -0.2) is 27.1 Å². The molecule has 0 aliphatic carbocycles. The lowest BCUT2D eigenvalue weighted by Crippen LogP contribution is -2.06. The second kappa shape index (κ2) is 6.17. The molecule has 0 fully saturated rings. The fraction of sp³-hybridized carbons (Fsp3) is 0.188. The fourth-order valence-electron chi connectivity index (χ4n) is 2.01. The number of nitrogen functional groups attached to an aromatic ring is 1. The second-order valence-corrected chi connectivity index (χ2v) is 4.35. The highest BCUT2D eigenvalue weighted by atomic mass is 16.5. The fourth-order valence-corrected chi connectivity index (χ4v) is 2.01.